The highest BCUT2D eigenvalue weighted by molar-refractivity contribution is 7.91. The van der Waals surface area contributed by atoms with E-state index in [0.29, 0.717) is 21.3 Å². The minimum absolute atomic E-state index is 0.0426. The molecule has 2 atom stereocenters. The second-order valence-corrected chi connectivity index (χ2v) is 12.6. The first kappa shape index (κ1) is 29.8. The van der Waals surface area contributed by atoms with Crippen LogP contribution in [-0.4, -0.2) is 37.3 Å². The fourth-order valence-electron chi connectivity index (χ4n) is 3.98. The third kappa shape index (κ3) is 6.85. The standard InChI is InChI=1S/C24H18F4N6O5S3/c25-19-8-4-15(10-29-19)14-3-7-17-18(9-14)40-23(31-17)22(13-1-5-16(6-2-13)24(26,27)28)42(37,38)12-21-33-32-20(39-21)11-30-34-41(35)36/h1-10,22,30,34H,11-12H2,(H,35,36). The van der Waals surface area contributed by atoms with Crippen molar-refractivity contribution in [3.8, 4) is 11.1 Å². The summed E-state index contributed by atoms with van der Waals surface area (Å²) in [6, 6.07) is 11.6. The van der Waals surface area contributed by atoms with Gasteiger partial charge in [0.1, 0.15) is 16.0 Å². The van der Waals surface area contributed by atoms with Crippen molar-refractivity contribution >= 4 is 42.7 Å². The van der Waals surface area contributed by atoms with Gasteiger partial charge in [-0.25, -0.2) is 28.0 Å². The molecular weight excluding hydrogens is 624 g/mol. The van der Waals surface area contributed by atoms with E-state index in [1.165, 1.54) is 18.3 Å². The number of nitrogens with one attached hydrogen (secondary N) is 2. The summed E-state index contributed by atoms with van der Waals surface area (Å²) in [6.45, 7) is -0.203. The number of sulfone groups is 1. The Kier molecular flexibility index (Phi) is 8.44. The first-order chi connectivity index (χ1) is 19.9. The second-order valence-electron chi connectivity index (χ2n) is 8.71. The number of rotatable bonds is 10. The van der Waals surface area contributed by atoms with Gasteiger partial charge in [-0.2, -0.15) is 22.4 Å². The number of alkyl halides is 3. The van der Waals surface area contributed by atoms with Gasteiger partial charge < -0.3 is 4.42 Å². The molecule has 0 fully saturated rings. The first-order valence-corrected chi connectivity index (χ1v) is 15.3. The lowest BCUT2D eigenvalue weighted by atomic mass is 10.1. The molecule has 42 heavy (non-hydrogen) atoms. The van der Waals surface area contributed by atoms with Crippen LogP contribution in [0.2, 0.25) is 0 Å². The number of hydrogen-bond acceptors (Lipinski definition) is 10. The van der Waals surface area contributed by atoms with Crippen LogP contribution in [0.15, 0.2) is 65.2 Å². The maximum absolute atomic E-state index is 13.8. The van der Waals surface area contributed by atoms with E-state index in [4.69, 9.17) is 8.97 Å². The van der Waals surface area contributed by atoms with Crippen LogP contribution in [0.4, 0.5) is 17.6 Å². The number of hydrogen-bond donors (Lipinski definition) is 3. The SMILES string of the molecule is O=S(O)NNCc1nnc(CS(=O)(=O)C(c2ccc(C(F)(F)F)cc2)c2nc3ccc(-c4ccc(F)nc4)cc3s2)o1. The van der Waals surface area contributed by atoms with Crippen molar-refractivity contribution < 1.29 is 39.2 Å². The molecule has 5 aromatic rings. The Hall–Kier alpha value is -3.68. The average Bonchev–Trinajstić information content (AvgIpc) is 3.54. The third-order valence-corrected chi connectivity index (χ3v) is 9.24. The molecule has 11 nitrogen and oxygen atoms in total. The number of nitrogens with zero attached hydrogens (tertiary/aromatic N) is 4. The Morgan fingerprint density at radius 3 is 2.40 bits per heavy atom. The Labute approximate surface area is 241 Å². The molecule has 0 saturated carbocycles. The van der Waals surface area contributed by atoms with E-state index in [-0.39, 0.29) is 28.9 Å². The number of aromatic nitrogens is 4. The summed E-state index contributed by atoms with van der Waals surface area (Å²) in [4.78, 5) is 10.1. The van der Waals surface area contributed by atoms with Gasteiger partial charge in [0.15, 0.2) is 9.84 Å². The molecule has 0 bridgehead atoms. The van der Waals surface area contributed by atoms with Gasteiger partial charge in [-0.1, -0.05) is 18.2 Å². The molecule has 18 heteroatoms. The molecule has 2 aromatic carbocycles. The zero-order valence-corrected chi connectivity index (χ0v) is 23.3. The first-order valence-electron chi connectivity index (χ1n) is 11.7. The number of fused-ring (bicyclic) bond motifs is 1. The van der Waals surface area contributed by atoms with E-state index in [0.717, 1.165) is 35.6 Å². The van der Waals surface area contributed by atoms with Crippen LogP contribution in [0.5, 0.6) is 0 Å². The summed E-state index contributed by atoms with van der Waals surface area (Å²) in [6.07, 6.45) is -3.28. The summed E-state index contributed by atoms with van der Waals surface area (Å²) < 4.78 is 106. The van der Waals surface area contributed by atoms with Crippen molar-refractivity contribution in [1.29, 1.82) is 0 Å². The molecule has 0 aliphatic carbocycles. The molecule has 0 amide bonds. The average molecular weight is 643 g/mol. The monoisotopic (exact) mass is 642 g/mol. The van der Waals surface area contributed by atoms with Crippen molar-refractivity contribution in [3.63, 3.8) is 0 Å². The van der Waals surface area contributed by atoms with E-state index in [2.05, 4.69) is 25.6 Å². The fraction of sp³-hybridized carbons (Fsp3) is 0.167. The number of pyridine rings is 1. The van der Waals surface area contributed by atoms with Gasteiger partial charge in [0.2, 0.25) is 29.0 Å². The Balaban J connectivity index is 1.51. The normalized spacial score (nSPS) is 13.8. The van der Waals surface area contributed by atoms with Gasteiger partial charge in [-0.15, -0.1) is 21.5 Å². The van der Waals surface area contributed by atoms with Gasteiger partial charge >= 0.3 is 6.18 Å². The quantitative estimate of drug-likeness (QED) is 0.0866. The predicted molar refractivity (Wildman–Crippen MR) is 144 cm³/mol. The minimum Gasteiger partial charge on any atom is -0.423 e. The lowest BCUT2D eigenvalue weighted by Crippen LogP contribution is -2.32. The zero-order chi connectivity index (χ0) is 30.1. The molecule has 0 spiro atoms. The molecule has 3 aromatic heterocycles. The molecule has 0 saturated heterocycles. The highest BCUT2D eigenvalue weighted by Gasteiger charge is 2.36. The van der Waals surface area contributed by atoms with E-state index < -0.39 is 49.8 Å². The number of halogens is 4. The van der Waals surface area contributed by atoms with Gasteiger partial charge in [0, 0.05) is 11.8 Å². The third-order valence-electron chi connectivity index (χ3n) is 5.82. The van der Waals surface area contributed by atoms with Crippen molar-refractivity contribution in [2.24, 2.45) is 0 Å². The Morgan fingerprint density at radius 2 is 1.74 bits per heavy atom. The summed E-state index contributed by atoms with van der Waals surface area (Å²) >= 11 is -1.33. The summed E-state index contributed by atoms with van der Waals surface area (Å²) in [5.74, 6) is -1.81. The van der Waals surface area contributed by atoms with Crippen molar-refractivity contribution in [2.75, 3.05) is 0 Å². The van der Waals surface area contributed by atoms with Gasteiger partial charge in [0.25, 0.3) is 0 Å². The van der Waals surface area contributed by atoms with E-state index >= 15 is 0 Å². The van der Waals surface area contributed by atoms with Crippen LogP contribution in [0, 0.1) is 5.95 Å². The Morgan fingerprint density at radius 1 is 1.02 bits per heavy atom. The van der Waals surface area contributed by atoms with Crippen molar-refractivity contribution in [3.05, 3.63) is 94.7 Å². The fourth-order valence-corrected chi connectivity index (χ4v) is 7.33. The minimum atomic E-state index is -4.62. The molecule has 2 unspecified atom stereocenters. The van der Waals surface area contributed by atoms with Gasteiger partial charge in [-0.3, -0.25) is 4.55 Å². The number of benzene rings is 2. The van der Waals surface area contributed by atoms with Crippen LogP contribution in [0.25, 0.3) is 21.3 Å². The smallest absolute Gasteiger partial charge is 0.416 e. The van der Waals surface area contributed by atoms with E-state index in [1.807, 2.05) is 4.83 Å². The molecule has 0 radical (unpaired) electrons. The van der Waals surface area contributed by atoms with Crippen LogP contribution in [-0.2, 0) is 39.6 Å². The predicted octanol–water partition coefficient (Wildman–Crippen LogP) is 4.33. The molecule has 0 aliphatic heterocycles. The van der Waals surface area contributed by atoms with Gasteiger partial charge in [0.05, 0.1) is 22.3 Å². The summed E-state index contributed by atoms with van der Waals surface area (Å²) in [5, 5.41) is 6.00. The van der Waals surface area contributed by atoms with Crippen molar-refractivity contribution in [2.45, 2.75) is 23.7 Å². The zero-order valence-electron chi connectivity index (χ0n) is 20.9. The van der Waals surface area contributed by atoms with Crippen LogP contribution < -0.4 is 10.3 Å². The van der Waals surface area contributed by atoms with E-state index in [9.17, 15) is 30.2 Å². The number of hydrazine groups is 1. The Bertz CT molecular complexity index is 1850. The van der Waals surface area contributed by atoms with Crippen LogP contribution in [0.1, 0.15) is 33.2 Å². The largest absolute Gasteiger partial charge is 0.423 e. The molecule has 3 N–H and O–H groups in total. The maximum Gasteiger partial charge on any atom is 0.416 e. The molecular formula is C24H18F4N6O5S3. The highest BCUT2D eigenvalue weighted by atomic mass is 32.2. The topological polar surface area (TPSA) is 160 Å². The van der Waals surface area contributed by atoms with Gasteiger partial charge in [-0.05, 0) is 47.5 Å². The lowest BCUT2D eigenvalue weighted by molar-refractivity contribution is -0.137. The number of thiazole rings is 1. The van der Waals surface area contributed by atoms with Crippen LogP contribution in [0.3, 0.4) is 0 Å². The second kappa shape index (κ2) is 11.9. The molecule has 0 aliphatic rings. The van der Waals surface area contributed by atoms with Crippen LogP contribution >= 0.6 is 11.3 Å². The highest BCUT2D eigenvalue weighted by Crippen LogP contribution is 2.39. The lowest BCUT2D eigenvalue weighted by Gasteiger charge is -2.16. The maximum atomic E-state index is 13.8. The summed E-state index contributed by atoms with van der Waals surface area (Å²) in [7, 11) is -4.27. The summed E-state index contributed by atoms with van der Waals surface area (Å²) in [5.41, 5.74) is 3.16. The van der Waals surface area contributed by atoms with Crippen molar-refractivity contribution in [1.82, 2.24) is 30.4 Å². The molecule has 3 heterocycles. The molecule has 220 valence electrons. The molecule has 5 rings (SSSR count). The van der Waals surface area contributed by atoms with E-state index in [1.54, 1.807) is 18.2 Å².